The second-order valence-corrected chi connectivity index (χ2v) is 10.9. The molecule has 0 unspecified atom stereocenters. The summed E-state index contributed by atoms with van der Waals surface area (Å²) in [5, 5.41) is 15.7. The Morgan fingerprint density at radius 1 is 1.19 bits per heavy atom. The number of ether oxygens (including phenoxy) is 1. The Kier molecular flexibility index (Phi) is 8.94. The van der Waals surface area contributed by atoms with Crippen LogP contribution >= 0.6 is 11.6 Å². The van der Waals surface area contributed by atoms with Crippen molar-refractivity contribution in [3.05, 3.63) is 64.3 Å². The van der Waals surface area contributed by atoms with Crippen molar-refractivity contribution >= 4 is 35.0 Å². The zero-order chi connectivity index (χ0) is 30.7. The summed E-state index contributed by atoms with van der Waals surface area (Å²) in [4.78, 5) is 46.6. The SMILES string of the molecule is COc1ccc(-c2cnc(C(=O)Nc3ccc(C(=O)N4CCN(C(=O)C[C@@H]5CCNC5)CC4)c(Cl)c3)n2C)c(C#N)c1F. The number of benzene rings is 2. The Morgan fingerprint density at radius 3 is 2.58 bits per heavy atom. The number of rotatable bonds is 7. The highest BCUT2D eigenvalue weighted by atomic mass is 35.5. The quantitative estimate of drug-likeness (QED) is 0.421. The molecule has 224 valence electrons. The number of carbonyl (C=O) groups excluding carboxylic acids is 3. The summed E-state index contributed by atoms with van der Waals surface area (Å²) in [5.41, 5.74) is 1.04. The van der Waals surface area contributed by atoms with Gasteiger partial charge < -0.3 is 29.7 Å². The van der Waals surface area contributed by atoms with Gasteiger partial charge in [-0.25, -0.2) is 9.37 Å². The molecule has 5 rings (SSSR count). The van der Waals surface area contributed by atoms with E-state index in [0.29, 0.717) is 55.5 Å². The number of aromatic nitrogens is 2. The molecule has 2 saturated heterocycles. The van der Waals surface area contributed by atoms with Gasteiger partial charge in [0.05, 0.1) is 29.6 Å². The molecular weight excluding hydrogens is 577 g/mol. The predicted octanol–water partition coefficient (Wildman–Crippen LogP) is 3.30. The van der Waals surface area contributed by atoms with Crippen LogP contribution in [0.4, 0.5) is 10.1 Å². The minimum Gasteiger partial charge on any atom is -0.494 e. The van der Waals surface area contributed by atoms with Crippen LogP contribution in [-0.4, -0.2) is 83.5 Å². The molecule has 43 heavy (non-hydrogen) atoms. The lowest BCUT2D eigenvalue weighted by molar-refractivity contribution is -0.133. The molecule has 0 aliphatic carbocycles. The molecule has 2 fully saturated rings. The van der Waals surface area contributed by atoms with E-state index in [1.54, 1.807) is 24.1 Å². The van der Waals surface area contributed by atoms with E-state index in [9.17, 15) is 24.0 Å². The van der Waals surface area contributed by atoms with Gasteiger partial charge in [-0.3, -0.25) is 14.4 Å². The smallest absolute Gasteiger partial charge is 0.291 e. The number of nitrogens with zero attached hydrogens (tertiary/aromatic N) is 5. The van der Waals surface area contributed by atoms with Crippen LogP contribution in [0.25, 0.3) is 11.3 Å². The van der Waals surface area contributed by atoms with Crippen LogP contribution in [-0.2, 0) is 11.8 Å². The third-order valence-corrected chi connectivity index (χ3v) is 8.22. The molecule has 0 spiro atoms. The van der Waals surface area contributed by atoms with Crippen LogP contribution in [0.1, 0.15) is 39.4 Å². The van der Waals surface area contributed by atoms with Gasteiger partial charge >= 0.3 is 0 Å². The fourth-order valence-electron chi connectivity index (χ4n) is 5.46. The minimum atomic E-state index is -0.800. The lowest BCUT2D eigenvalue weighted by Gasteiger charge is -2.35. The lowest BCUT2D eigenvalue weighted by Crippen LogP contribution is -2.51. The van der Waals surface area contributed by atoms with Crippen molar-refractivity contribution in [1.29, 1.82) is 5.26 Å². The third-order valence-electron chi connectivity index (χ3n) is 7.91. The average Bonchev–Trinajstić information content (AvgIpc) is 3.66. The maximum Gasteiger partial charge on any atom is 0.291 e. The van der Waals surface area contributed by atoms with Crippen molar-refractivity contribution in [2.45, 2.75) is 12.8 Å². The van der Waals surface area contributed by atoms with Crippen molar-refractivity contribution in [3.63, 3.8) is 0 Å². The molecule has 1 aromatic heterocycles. The van der Waals surface area contributed by atoms with Crippen LogP contribution in [0.2, 0.25) is 5.02 Å². The third kappa shape index (κ3) is 6.18. The molecule has 3 heterocycles. The Balaban J connectivity index is 1.22. The number of halogens is 2. The molecule has 2 aromatic carbocycles. The summed E-state index contributed by atoms with van der Waals surface area (Å²) >= 11 is 6.47. The number of imidazole rings is 1. The molecule has 0 radical (unpaired) electrons. The highest BCUT2D eigenvalue weighted by molar-refractivity contribution is 6.34. The topological polar surface area (TPSA) is 133 Å². The Morgan fingerprint density at radius 2 is 1.93 bits per heavy atom. The van der Waals surface area contributed by atoms with Crippen molar-refractivity contribution in [3.8, 4) is 23.1 Å². The van der Waals surface area contributed by atoms with E-state index in [1.165, 1.54) is 36.1 Å². The Hall–Kier alpha value is -4.47. The first-order chi connectivity index (χ1) is 20.7. The van der Waals surface area contributed by atoms with Crippen LogP contribution < -0.4 is 15.4 Å². The minimum absolute atomic E-state index is 0.0167. The first-order valence-corrected chi connectivity index (χ1v) is 14.3. The number of nitrogens with one attached hydrogen (secondary N) is 2. The van der Waals surface area contributed by atoms with Gasteiger partial charge in [-0.05, 0) is 55.8 Å². The molecule has 3 amide bonds. The largest absolute Gasteiger partial charge is 0.494 e. The molecule has 1 atom stereocenters. The molecule has 0 saturated carbocycles. The fourth-order valence-corrected chi connectivity index (χ4v) is 5.72. The standard InChI is InChI=1S/C30H31ClFN7O4/c1-37-24(20-5-6-25(43-2)27(32)22(20)15-33)17-35-28(37)29(41)36-19-3-4-21(23(31)14-19)30(42)39-11-9-38(10-12-39)26(40)13-18-7-8-34-16-18/h3-6,14,17-18,34H,7-13,16H2,1-2H3,(H,36,41)/t18-/m0/s1. The first-order valence-electron chi connectivity index (χ1n) is 13.9. The molecule has 11 nitrogen and oxygen atoms in total. The summed E-state index contributed by atoms with van der Waals surface area (Å²) in [6.45, 7) is 3.59. The van der Waals surface area contributed by atoms with Gasteiger partial charge in [0.15, 0.2) is 17.4 Å². The maximum atomic E-state index is 14.7. The van der Waals surface area contributed by atoms with Crippen molar-refractivity contribution in [1.82, 2.24) is 24.7 Å². The normalized spacial score (nSPS) is 16.6. The number of methoxy groups -OCH3 is 1. The summed E-state index contributed by atoms with van der Waals surface area (Å²) in [5.74, 6) is -1.16. The van der Waals surface area contributed by atoms with Gasteiger partial charge in [0.2, 0.25) is 5.91 Å². The predicted molar refractivity (Wildman–Crippen MR) is 157 cm³/mol. The summed E-state index contributed by atoms with van der Waals surface area (Å²) in [6.07, 6.45) is 2.92. The van der Waals surface area contributed by atoms with Crippen molar-refractivity contribution in [2.24, 2.45) is 13.0 Å². The van der Waals surface area contributed by atoms with Crippen molar-refractivity contribution in [2.75, 3.05) is 51.7 Å². The average molecular weight is 608 g/mol. The second-order valence-electron chi connectivity index (χ2n) is 10.5. The number of nitriles is 1. The molecule has 2 N–H and O–H groups in total. The molecule has 2 aliphatic heterocycles. The van der Waals surface area contributed by atoms with E-state index in [-0.39, 0.29) is 39.5 Å². The van der Waals surface area contributed by atoms with Crippen LogP contribution in [0.15, 0.2) is 36.5 Å². The first kappa shape index (κ1) is 30.0. The highest BCUT2D eigenvalue weighted by Crippen LogP contribution is 2.31. The zero-order valence-corrected chi connectivity index (χ0v) is 24.6. The monoisotopic (exact) mass is 607 g/mol. The van der Waals surface area contributed by atoms with E-state index < -0.39 is 11.7 Å². The molecule has 3 aromatic rings. The highest BCUT2D eigenvalue weighted by Gasteiger charge is 2.28. The Bertz CT molecular complexity index is 1600. The van der Waals surface area contributed by atoms with E-state index in [0.717, 1.165) is 19.5 Å². The number of piperazine rings is 1. The van der Waals surface area contributed by atoms with Gasteiger partial charge in [0.1, 0.15) is 11.6 Å². The van der Waals surface area contributed by atoms with Gasteiger partial charge in [-0.2, -0.15) is 5.26 Å². The Labute approximate surface area is 253 Å². The summed E-state index contributed by atoms with van der Waals surface area (Å²) in [6, 6.07) is 9.38. The molecular formula is C30H31ClFN7O4. The molecule has 2 aliphatic rings. The van der Waals surface area contributed by atoms with Gasteiger partial charge in [0, 0.05) is 50.9 Å². The summed E-state index contributed by atoms with van der Waals surface area (Å²) in [7, 11) is 2.88. The fraction of sp³-hybridized carbons (Fsp3) is 0.367. The van der Waals surface area contributed by atoms with Crippen LogP contribution in [0, 0.1) is 23.1 Å². The number of amides is 3. The molecule has 13 heteroatoms. The van der Waals surface area contributed by atoms with E-state index in [2.05, 4.69) is 15.6 Å². The lowest BCUT2D eigenvalue weighted by atomic mass is 10.0. The maximum absolute atomic E-state index is 14.7. The molecule has 0 bridgehead atoms. The number of carbonyl (C=O) groups is 3. The van der Waals surface area contributed by atoms with Gasteiger partial charge in [-0.15, -0.1) is 0 Å². The summed E-state index contributed by atoms with van der Waals surface area (Å²) < 4.78 is 21.1. The second kappa shape index (κ2) is 12.8. The van der Waals surface area contributed by atoms with Gasteiger partial charge in [0.25, 0.3) is 11.8 Å². The van der Waals surface area contributed by atoms with E-state index in [4.69, 9.17) is 16.3 Å². The van der Waals surface area contributed by atoms with Crippen LogP contribution in [0.5, 0.6) is 5.75 Å². The number of hydrogen-bond acceptors (Lipinski definition) is 7. The van der Waals surface area contributed by atoms with E-state index in [1.807, 2.05) is 11.0 Å². The van der Waals surface area contributed by atoms with Crippen molar-refractivity contribution < 1.29 is 23.5 Å². The number of hydrogen-bond donors (Lipinski definition) is 2. The van der Waals surface area contributed by atoms with E-state index >= 15 is 0 Å². The zero-order valence-electron chi connectivity index (χ0n) is 23.8. The van der Waals surface area contributed by atoms with Crippen LogP contribution in [0.3, 0.4) is 0 Å². The number of anilines is 1. The van der Waals surface area contributed by atoms with Gasteiger partial charge in [-0.1, -0.05) is 11.6 Å².